The maximum absolute atomic E-state index is 15.7. The molecule has 10 atom stereocenters. The predicted molar refractivity (Wildman–Crippen MR) is 136 cm³/mol. The van der Waals surface area contributed by atoms with Crippen molar-refractivity contribution in [1.29, 1.82) is 0 Å². The van der Waals surface area contributed by atoms with Crippen molar-refractivity contribution >= 4 is 41.7 Å². The van der Waals surface area contributed by atoms with E-state index in [1.165, 1.54) is 0 Å². The van der Waals surface area contributed by atoms with Gasteiger partial charge in [0.15, 0.2) is 24.6 Å². The van der Waals surface area contributed by atoms with Crippen LogP contribution in [0.5, 0.6) is 0 Å². The summed E-state index contributed by atoms with van der Waals surface area (Å²) in [5.41, 5.74) is 0. The molecule has 2 aliphatic heterocycles. The van der Waals surface area contributed by atoms with Crippen LogP contribution >= 0.6 is 0 Å². The van der Waals surface area contributed by atoms with Gasteiger partial charge in [-0.3, -0.25) is 33.6 Å². The predicted octanol–water partition coefficient (Wildman–Crippen LogP) is -0.851. The normalized spacial score (nSPS) is 31.5. The highest BCUT2D eigenvalue weighted by Crippen LogP contribution is 2.34. The Bertz CT molecular complexity index is 1100. The van der Waals surface area contributed by atoms with Gasteiger partial charge in [0.05, 0.1) is 0 Å². The molecule has 17 nitrogen and oxygen atoms in total. The fourth-order valence-corrected chi connectivity index (χ4v) is 4.51. The lowest BCUT2D eigenvalue weighted by molar-refractivity contribution is -0.337. The zero-order valence-electron chi connectivity index (χ0n) is 25.1. The van der Waals surface area contributed by atoms with Crippen LogP contribution in [0, 0.1) is 0 Å². The van der Waals surface area contributed by atoms with Gasteiger partial charge in [-0.15, -0.1) is 0 Å². The van der Waals surface area contributed by atoms with Crippen molar-refractivity contribution in [2.75, 3.05) is 13.2 Å². The Balaban J connectivity index is 2.63. The van der Waals surface area contributed by atoms with E-state index in [0.29, 0.717) is 0 Å². The average Bonchev–Trinajstić information content (AvgIpc) is 2.87. The molecule has 0 spiro atoms. The number of ether oxygens (including phenoxy) is 9. The maximum Gasteiger partial charge on any atom is 0.305 e. The zero-order chi connectivity index (χ0) is 33.3. The number of amides is 1. The smallest absolute Gasteiger partial charge is 0.305 e. The molecule has 0 aromatic carbocycles. The van der Waals surface area contributed by atoms with Crippen LogP contribution in [0.3, 0.4) is 0 Å². The highest BCUT2D eigenvalue weighted by atomic mass is 19.1. The third-order valence-corrected chi connectivity index (χ3v) is 5.97. The number of hydrogen-bond donors (Lipinski definition) is 1. The van der Waals surface area contributed by atoms with Crippen molar-refractivity contribution < 1.29 is 80.6 Å². The molecule has 2 aliphatic rings. The Kier molecular flexibility index (Phi) is 13.4. The Labute approximate surface area is 251 Å². The number of rotatable bonds is 11. The van der Waals surface area contributed by atoms with Crippen LogP contribution in [-0.2, 0) is 76.2 Å². The minimum Gasteiger partial charge on any atom is -0.463 e. The minimum absolute atomic E-state index is 0.566. The van der Waals surface area contributed by atoms with Gasteiger partial charge in [0.1, 0.15) is 37.6 Å². The van der Waals surface area contributed by atoms with Crippen LogP contribution in [0.15, 0.2) is 0 Å². The van der Waals surface area contributed by atoms with Gasteiger partial charge in [-0.25, -0.2) is 4.39 Å². The molecule has 248 valence electrons. The van der Waals surface area contributed by atoms with E-state index in [4.69, 9.17) is 42.6 Å². The molecule has 1 amide bonds. The molecule has 0 aromatic heterocycles. The first kappa shape index (κ1) is 36.3. The van der Waals surface area contributed by atoms with Crippen molar-refractivity contribution in [3.05, 3.63) is 0 Å². The fraction of sp³-hybridized carbons (Fsp3) is 0.731. The number of halogens is 1. The Hall–Kier alpha value is -3.90. The van der Waals surface area contributed by atoms with E-state index in [-0.39, 0.29) is 0 Å². The van der Waals surface area contributed by atoms with Crippen molar-refractivity contribution in [1.82, 2.24) is 5.32 Å². The van der Waals surface area contributed by atoms with E-state index in [1.807, 2.05) is 0 Å². The topological polar surface area (TPSA) is 215 Å². The number of alkyl halides is 1. The zero-order valence-corrected chi connectivity index (χ0v) is 25.1. The number of hydrogen-bond acceptors (Lipinski definition) is 16. The minimum atomic E-state index is -2.35. The van der Waals surface area contributed by atoms with Gasteiger partial charge >= 0.3 is 35.8 Å². The molecule has 44 heavy (non-hydrogen) atoms. The quantitative estimate of drug-likeness (QED) is 0.216. The van der Waals surface area contributed by atoms with E-state index in [9.17, 15) is 33.6 Å². The molecule has 2 rings (SSSR count). The molecule has 0 bridgehead atoms. The highest BCUT2D eigenvalue weighted by molar-refractivity contribution is 5.74. The van der Waals surface area contributed by atoms with Crippen molar-refractivity contribution in [2.24, 2.45) is 0 Å². The number of esters is 6. The van der Waals surface area contributed by atoms with Crippen LogP contribution in [0.2, 0.25) is 0 Å². The summed E-state index contributed by atoms with van der Waals surface area (Å²) in [6, 6.07) is -1.48. The highest BCUT2D eigenvalue weighted by Gasteiger charge is 2.56. The Morgan fingerprint density at radius 1 is 0.568 bits per heavy atom. The third-order valence-electron chi connectivity index (χ3n) is 5.97. The first-order chi connectivity index (χ1) is 20.5. The van der Waals surface area contributed by atoms with E-state index in [2.05, 4.69) is 5.32 Å². The van der Waals surface area contributed by atoms with Gasteiger partial charge < -0.3 is 47.9 Å². The molecule has 0 saturated carbocycles. The summed E-state index contributed by atoms with van der Waals surface area (Å²) in [7, 11) is 0. The van der Waals surface area contributed by atoms with Crippen LogP contribution < -0.4 is 5.32 Å². The number of nitrogens with one attached hydrogen (secondary N) is 1. The van der Waals surface area contributed by atoms with E-state index >= 15 is 4.39 Å². The standard InChI is InChI=1S/C26H36FNO16/c1-10(29)28-20-24(40-15(6)34)22(38-13(4)32)18(9-37-12(3)31)43-26(20)44-21-17(8-36-11(2)30)42-25(41-16(7)35)19(27)23(21)39-14(5)33/h17-26H,8-9H2,1-7H3,(H,28,29)/t17-,18-,19-,20-,21-,22-,23-,24-,25?,26+/m1/s1. The second-order valence-corrected chi connectivity index (χ2v) is 9.79. The summed E-state index contributed by atoms with van der Waals surface area (Å²) < 4.78 is 64.0. The summed E-state index contributed by atoms with van der Waals surface area (Å²) in [5, 5.41) is 2.47. The van der Waals surface area contributed by atoms with Gasteiger partial charge in [0.2, 0.25) is 18.4 Å². The van der Waals surface area contributed by atoms with E-state index < -0.39 is 116 Å². The Morgan fingerprint density at radius 2 is 1.00 bits per heavy atom. The van der Waals surface area contributed by atoms with Crippen LogP contribution in [0.1, 0.15) is 48.5 Å². The summed E-state index contributed by atoms with van der Waals surface area (Å²) in [6.45, 7) is 6.09. The summed E-state index contributed by atoms with van der Waals surface area (Å²) in [6.07, 6.45) is -15.4. The lowest BCUT2D eigenvalue weighted by Crippen LogP contribution is -2.69. The molecule has 18 heteroatoms. The summed E-state index contributed by atoms with van der Waals surface area (Å²) >= 11 is 0. The molecular weight excluding hydrogens is 601 g/mol. The SMILES string of the molecule is CC(=O)N[C@H]1[C@H](O[C@H]2[C@H](OC(C)=O)[C@@H](F)C(OC(C)=O)O[C@@H]2COC(C)=O)O[C@H](COC(C)=O)[C@@H](OC(C)=O)[C@@H]1OC(C)=O. The molecule has 2 heterocycles. The monoisotopic (exact) mass is 637 g/mol. The first-order valence-electron chi connectivity index (χ1n) is 13.3. The van der Waals surface area contributed by atoms with Crippen molar-refractivity contribution in [3.8, 4) is 0 Å². The third kappa shape index (κ3) is 10.7. The lowest BCUT2D eigenvalue weighted by atomic mass is 9.95. The van der Waals surface area contributed by atoms with Gasteiger partial charge in [-0.1, -0.05) is 0 Å². The van der Waals surface area contributed by atoms with Crippen LogP contribution in [0.4, 0.5) is 4.39 Å². The largest absolute Gasteiger partial charge is 0.463 e. The number of carbonyl (C=O) groups excluding carboxylic acids is 7. The molecule has 0 aromatic rings. The van der Waals surface area contributed by atoms with Gasteiger partial charge in [-0.2, -0.15) is 0 Å². The summed E-state index contributed by atoms with van der Waals surface area (Å²) in [5.74, 6) is -5.89. The lowest BCUT2D eigenvalue weighted by Gasteiger charge is -2.48. The summed E-state index contributed by atoms with van der Waals surface area (Å²) in [4.78, 5) is 83.2. The molecule has 2 saturated heterocycles. The van der Waals surface area contributed by atoms with Crippen molar-refractivity contribution in [2.45, 2.75) is 110 Å². The average molecular weight is 638 g/mol. The molecule has 2 fully saturated rings. The maximum atomic E-state index is 15.7. The fourth-order valence-electron chi connectivity index (χ4n) is 4.51. The molecule has 0 radical (unpaired) electrons. The second-order valence-electron chi connectivity index (χ2n) is 9.79. The second kappa shape index (κ2) is 16.2. The van der Waals surface area contributed by atoms with E-state index in [1.54, 1.807) is 0 Å². The first-order valence-corrected chi connectivity index (χ1v) is 13.3. The van der Waals surface area contributed by atoms with E-state index in [0.717, 1.165) is 48.5 Å². The molecule has 0 aliphatic carbocycles. The molecular formula is C26H36FNO16. The van der Waals surface area contributed by atoms with Crippen molar-refractivity contribution in [3.63, 3.8) is 0 Å². The van der Waals surface area contributed by atoms with Crippen LogP contribution in [-0.4, -0.2) is 116 Å². The number of carbonyl (C=O) groups is 7. The molecule has 1 N–H and O–H groups in total. The van der Waals surface area contributed by atoms with Gasteiger partial charge in [0, 0.05) is 48.5 Å². The Morgan fingerprint density at radius 3 is 1.45 bits per heavy atom. The van der Waals surface area contributed by atoms with Crippen LogP contribution in [0.25, 0.3) is 0 Å². The van der Waals surface area contributed by atoms with Gasteiger partial charge in [-0.05, 0) is 0 Å². The molecule has 1 unspecified atom stereocenters. The van der Waals surface area contributed by atoms with Gasteiger partial charge in [0.25, 0.3) is 0 Å².